The molecule has 0 radical (unpaired) electrons. The molecule has 62 valence electrons. The van der Waals surface area contributed by atoms with E-state index in [0.717, 1.165) is 11.3 Å². The summed E-state index contributed by atoms with van der Waals surface area (Å²) in [5.41, 5.74) is 1.63. The van der Waals surface area contributed by atoms with Crippen molar-refractivity contribution in [3.8, 4) is 0 Å². The lowest BCUT2D eigenvalue weighted by atomic mass is 10.2. The summed E-state index contributed by atoms with van der Waals surface area (Å²) >= 11 is 5.88. The number of aliphatic hydroxyl groups excluding tert-OH is 1. The van der Waals surface area contributed by atoms with Crippen molar-refractivity contribution in [2.24, 2.45) is 4.99 Å². The van der Waals surface area contributed by atoms with Crippen LogP contribution in [-0.2, 0) is 0 Å². The fourth-order valence-corrected chi connectivity index (χ4v) is 1.34. The van der Waals surface area contributed by atoms with E-state index < -0.39 is 6.35 Å². The Morgan fingerprint density at radius 3 is 3.17 bits per heavy atom. The monoisotopic (exact) mass is 182 g/mol. The molecule has 0 bridgehead atoms. The molecule has 0 aliphatic carbocycles. The van der Waals surface area contributed by atoms with Crippen molar-refractivity contribution in [3.63, 3.8) is 0 Å². The Morgan fingerprint density at radius 2 is 2.33 bits per heavy atom. The minimum Gasteiger partial charge on any atom is -0.355 e. The number of fused-ring (bicyclic) bond motifs is 1. The largest absolute Gasteiger partial charge is 0.355 e. The fourth-order valence-electron chi connectivity index (χ4n) is 1.12. The number of nitrogens with one attached hydrogen (secondary N) is 1. The molecule has 2 rings (SSSR count). The molecule has 1 unspecified atom stereocenters. The molecule has 1 aliphatic rings. The number of halogens is 1. The summed E-state index contributed by atoms with van der Waals surface area (Å²) in [6, 6.07) is 5.45. The Kier molecular flexibility index (Phi) is 1.75. The molecule has 3 nitrogen and oxygen atoms in total. The molecule has 2 N–H and O–H groups in total. The maximum Gasteiger partial charge on any atom is 0.223 e. The topological polar surface area (TPSA) is 44.6 Å². The summed E-state index contributed by atoms with van der Waals surface area (Å²) in [7, 11) is 0. The Labute approximate surface area is 74.7 Å². The van der Waals surface area contributed by atoms with Gasteiger partial charge in [-0.05, 0) is 12.1 Å². The zero-order valence-electron chi connectivity index (χ0n) is 6.16. The number of aliphatic hydroxyl groups is 1. The second-order valence-corrected chi connectivity index (χ2v) is 2.90. The third kappa shape index (κ3) is 1.17. The van der Waals surface area contributed by atoms with E-state index in [1.165, 1.54) is 0 Å². The SMILES string of the molecule is OC1N=Cc2c(Cl)cccc2N1. The summed E-state index contributed by atoms with van der Waals surface area (Å²) in [6.45, 7) is 0. The molecule has 1 heterocycles. The lowest BCUT2D eigenvalue weighted by Gasteiger charge is -2.17. The first-order chi connectivity index (χ1) is 5.77. The maximum atomic E-state index is 9.09. The van der Waals surface area contributed by atoms with Gasteiger partial charge < -0.3 is 10.4 Å². The number of benzene rings is 1. The molecule has 0 spiro atoms. The fraction of sp³-hybridized carbons (Fsp3) is 0.125. The van der Waals surface area contributed by atoms with E-state index in [4.69, 9.17) is 16.7 Å². The number of rotatable bonds is 0. The van der Waals surface area contributed by atoms with Crippen LogP contribution in [0.25, 0.3) is 0 Å². The molecule has 0 amide bonds. The van der Waals surface area contributed by atoms with Gasteiger partial charge in [-0.1, -0.05) is 17.7 Å². The second-order valence-electron chi connectivity index (χ2n) is 2.50. The molecular formula is C8H7ClN2O. The van der Waals surface area contributed by atoms with Crippen LogP contribution < -0.4 is 5.32 Å². The minimum atomic E-state index is -0.851. The minimum absolute atomic E-state index is 0.635. The van der Waals surface area contributed by atoms with Crippen molar-refractivity contribution < 1.29 is 5.11 Å². The van der Waals surface area contributed by atoms with E-state index >= 15 is 0 Å². The molecule has 0 aromatic heterocycles. The van der Waals surface area contributed by atoms with Gasteiger partial charge in [-0.15, -0.1) is 0 Å². The van der Waals surface area contributed by atoms with Crippen LogP contribution in [0, 0.1) is 0 Å². The van der Waals surface area contributed by atoms with Gasteiger partial charge in [0.05, 0.1) is 5.02 Å². The van der Waals surface area contributed by atoms with Gasteiger partial charge in [-0.25, -0.2) is 4.99 Å². The van der Waals surface area contributed by atoms with Crippen molar-refractivity contribution in [3.05, 3.63) is 28.8 Å². The van der Waals surface area contributed by atoms with Crippen LogP contribution in [-0.4, -0.2) is 17.7 Å². The van der Waals surface area contributed by atoms with Crippen molar-refractivity contribution in [1.82, 2.24) is 0 Å². The lowest BCUT2D eigenvalue weighted by Crippen LogP contribution is -2.20. The molecule has 1 aliphatic heterocycles. The van der Waals surface area contributed by atoms with Crippen LogP contribution in [0.15, 0.2) is 23.2 Å². The third-order valence-electron chi connectivity index (χ3n) is 1.68. The van der Waals surface area contributed by atoms with Gasteiger partial charge in [-0.2, -0.15) is 0 Å². The molecule has 1 aromatic carbocycles. The molecule has 0 saturated carbocycles. The summed E-state index contributed by atoms with van der Waals surface area (Å²) in [5, 5.41) is 12.5. The van der Waals surface area contributed by atoms with E-state index in [0.29, 0.717) is 5.02 Å². The van der Waals surface area contributed by atoms with Crippen LogP contribution in [0.1, 0.15) is 5.56 Å². The molecule has 1 atom stereocenters. The van der Waals surface area contributed by atoms with E-state index in [1.807, 2.05) is 12.1 Å². The third-order valence-corrected chi connectivity index (χ3v) is 2.01. The highest BCUT2D eigenvalue weighted by Crippen LogP contribution is 2.25. The molecule has 1 aromatic rings. The number of hydrogen-bond acceptors (Lipinski definition) is 3. The van der Waals surface area contributed by atoms with E-state index in [2.05, 4.69) is 10.3 Å². The normalized spacial score (nSPS) is 20.0. The highest BCUT2D eigenvalue weighted by molar-refractivity contribution is 6.33. The van der Waals surface area contributed by atoms with Gasteiger partial charge in [0.1, 0.15) is 0 Å². The van der Waals surface area contributed by atoms with Crippen LogP contribution in [0.2, 0.25) is 5.02 Å². The zero-order chi connectivity index (χ0) is 8.55. The predicted molar refractivity (Wildman–Crippen MR) is 48.7 cm³/mol. The van der Waals surface area contributed by atoms with Crippen LogP contribution in [0.3, 0.4) is 0 Å². The predicted octanol–water partition coefficient (Wildman–Crippen LogP) is 1.46. The number of nitrogens with zero attached hydrogens (tertiary/aromatic N) is 1. The Morgan fingerprint density at radius 1 is 1.50 bits per heavy atom. The summed E-state index contributed by atoms with van der Waals surface area (Å²) in [5.74, 6) is 0. The Bertz CT molecular complexity index is 338. The first kappa shape index (κ1) is 7.58. The summed E-state index contributed by atoms with van der Waals surface area (Å²) < 4.78 is 0. The zero-order valence-corrected chi connectivity index (χ0v) is 6.92. The summed E-state index contributed by atoms with van der Waals surface area (Å²) in [4.78, 5) is 3.77. The number of aliphatic imine (C=N–C) groups is 1. The quantitative estimate of drug-likeness (QED) is 0.638. The molecule has 4 heteroatoms. The standard InChI is InChI=1S/C8H7ClN2O/c9-6-2-1-3-7-5(6)4-10-8(12)11-7/h1-4,8,11-12H. The van der Waals surface area contributed by atoms with Crippen molar-refractivity contribution in [2.45, 2.75) is 6.35 Å². The van der Waals surface area contributed by atoms with Crippen LogP contribution in [0.4, 0.5) is 5.69 Å². The Balaban J connectivity index is 2.53. The van der Waals surface area contributed by atoms with Gasteiger partial charge in [-0.3, -0.25) is 0 Å². The van der Waals surface area contributed by atoms with Gasteiger partial charge in [0.25, 0.3) is 0 Å². The van der Waals surface area contributed by atoms with E-state index in [1.54, 1.807) is 12.3 Å². The van der Waals surface area contributed by atoms with E-state index in [-0.39, 0.29) is 0 Å². The average Bonchev–Trinajstić information content (AvgIpc) is 2.04. The maximum absolute atomic E-state index is 9.09. The number of anilines is 1. The molecule has 0 saturated heterocycles. The molecule has 0 fully saturated rings. The highest BCUT2D eigenvalue weighted by atomic mass is 35.5. The Hall–Kier alpha value is -1.06. The van der Waals surface area contributed by atoms with Gasteiger partial charge in [0, 0.05) is 17.5 Å². The van der Waals surface area contributed by atoms with Crippen LogP contribution >= 0.6 is 11.6 Å². The van der Waals surface area contributed by atoms with Crippen molar-refractivity contribution in [1.29, 1.82) is 0 Å². The molecular weight excluding hydrogens is 176 g/mol. The number of hydrogen-bond donors (Lipinski definition) is 2. The highest BCUT2D eigenvalue weighted by Gasteiger charge is 2.11. The van der Waals surface area contributed by atoms with Gasteiger partial charge in [0.15, 0.2) is 0 Å². The summed E-state index contributed by atoms with van der Waals surface area (Å²) in [6.07, 6.45) is 0.717. The average molecular weight is 183 g/mol. The second kappa shape index (κ2) is 2.77. The molecule has 12 heavy (non-hydrogen) atoms. The first-order valence-electron chi connectivity index (χ1n) is 3.53. The van der Waals surface area contributed by atoms with Gasteiger partial charge >= 0.3 is 0 Å². The first-order valence-corrected chi connectivity index (χ1v) is 3.91. The smallest absolute Gasteiger partial charge is 0.223 e. The van der Waals surface area contributed by atoms with Crippen molar-refractivity contribution >= 4 is 23.5 Å². The lowest BCUT2D eigenvalue weighted by molar-refractivity contribution is 0.214. The van der Waals surface area contributed by atoms with Crippen LogP contribution in [0.5, 0.6) is 0 Å². The van der Waals surface area contributed by atoms with Crippen molar-refractivity contribution in [2.75, 3.05) is 5.32 Å². The van der Waals surface area contributed by atoms with Gasteiger partial charge in [0.2, 0.25) is 6.35 Å². The van der Waals surface area contributed by atoms with E-state index in [9.17, 15) is 0 Å².